The molecule has 0 spiro atoms. The fourth-order valence-corrected chi connectivity index (χ4v) is 2.32. The largest absolute Gasteiger partial charge is 0.485 e. The van der Waals surface area contributed by atoms with E-state index in [-0.39, 0.29) is 13.2 Å². The minimum absolute atomic E-state index is 0.0855. The smallest absolute Gasteiger partial charge is 0.448 e. The third-order valence-corrected chi connectivity index (χ3v) is 3.46. The molecule has 26 heavy (non-hydrogen) atoms. The number of hydrogen-bond donors (Lipinski definition) is 0. The zero-order valence-corrected chi connectivity index (χ0v) is 16.4. The van der Waals surface area contributed by atoms with E-state index in [0.29, 0.717) is 0 Å². The van der Waals surface area contributed by atoms with Crippen molar-refractivity contribution in [1.29, 1.82) is 0 Å². The second-order valence-corrected chi connectivity index (χ2v) is 7.80. The van der Waals surface area contributed by atoms with Crippen molar-refractivity contribution in [2.45, 2.75) is 72.0 Å². The molecule has 0 radical (unpaired) electrons. The van der Waals surface area contributed by atoms with Crippen molar-refractivity contribution in [3.63, 3.8) is 0 Å². The zero-order valence-electron chi connectivity index (χ0n) is 16.4. The van der Waals surface area contributed by atoms with Gasteiger partial charge in [0.1, 0.15) is 17.9 Å². The summed E-state index contributed by atoms with van der Waals surface area (Å²) in [5.74, 6) is -1.16. The van der Waals surface area contributed by atoms with Gasteiger partial charge in [-0.25, -0.2) is 4.79 Å². The van der Waals surface area contributed by atoms with Gasteiger partial charge in [0, 0.05) is 0 Å². The lowest BCUT2D eigenvalue weighted by atomic mass is 10.2. The Kier molecular flexibility index (Phi) is 6.79. The van der Waals surface area contributed by atoms with Crippen molar-refractivity contribution in [2.24, 2.45) is 0 Å². The molecule has 8 heteroatoms. The first-order valence-electron chi connectivity index (χ1n) is 8.35. The normalized spacial score (nSPS) is 20.8. The van der Waals surface area contributed by atoms with Gasteiger partial charge in [-0.15, -0.1) is 0 Å². The fourth-order valence-electron chi connectivity index (χ4n) is 2.32. The lowest BCUT2D eigenvalue weighted by Gasteiger charge is -2.34. The van der Waals surface area contributed by atoms with E-state index in [4.69, 9.17) is 14.2 Å². The molecule has 1 heterocycles. The van der Waals surface area contributed by atoms with Crippen LogP contribution in [0, 0.1) is 0 Å². The van der Waals surface area contributed by atoms with E-state index in [0.717, 1.165) is 16.5 Å². The number of carbonyl (C=O) groups excluding carboxylic acids is 1. The van der Waals surface area contributed by atoms with Crippen molar-refractivity contribution in [1.82, 2.24) is 4.90 Å². The van der Waals surface area contributed by atoms with Gasteiger partial charge in [0.2, 0.25) is 0 Å². The zero-order chi connectivity index (χ0) is 20.3. The summed E-state index contributed by atoms with van der Waals surface area (Å²) >= 11 is 0. The number of ether oxygens (including phenoxy) is 3. The minimum Gasteiger partial charge on any atom is -0.485 e. The topological polar surface area (TPSA) is 48.0 Å². The number of hydrogen-bond acceptors (Lipinski definition) is 4. The Hall–Kier alpha value is -1.70. The molecule has 1 saturated heterocycles. The number of alkyl halides is 3. The van der Waals surface area contributed by atoms with Gasteiger partial charge < -0.3 is 14.2 Å². The van der Waals surface area contributed by atoms with Crippen LogP contribution in [0.15, 0.2) is 23.5 Å². The number of allylic oxidation sites excluding steroid dienone is 2. The highest BCUT2D eigenvalue weighted by atomic mass is 19.4. The van der Waals surface area contributed by atoms with Crippen molar-refractivity contribution in [3.05, 3.63) is 23.5 Å². The van der Waals surface area contributed by atoms with Crippen LogP contribution in [0.5, 0.6) is 0 Å². The van der Waals surface area contributed by atoms with Gasteiger partial charge in [-0.2, -0.15) is 13.2 Å². The van der Waals surface area contributed by atoms with Gasteiger partial charge in [-0.3, -0.25) is 4.90 Å². The molecule has 1 fully saturated rings. The standard InChI is InChI=1S/C18H28F3NO4/c1-12(2)8-9-24-14(18(19,20)21)10-13-11-25-17(6,7)22(13)15(23)26-16(3,4)5/h8,10,13H,9,11H2,1-7H3/b14-10+/t13-/m1/s1. The highest BCUT2D eigenvalue weighted by Gasteiger charge is 2.47. The Morgan fingerprint density at radius 1 is 1.27 bits per heavy atom. The minimum atomic E-state index is -4.68. The predicted octanol–water partition coefficient (Wildman–Crippen LogP) is 4.79. The summed E-state index contributed by atoms with van der Waals surface area (Å²) < 4.78 is 55.6. The molecule has 1 atom stereocenters. The molecule has 150 valence electrons. The van der Waals surface area contributed by atoms with Crippen LogP contribution in [0.2, 0.25) is 0 Å². The van der Waals surface area contributed by atoms with E-state index in [9.17, 15) is 18.0 Å². The van der Waals surface area contributed by atoms with Crippen LogP contribution >= 0.6 is 0 Å². The molecule has 0 N–H and O–H groups in total. The molecular formula is C18H28F3NO4. The maximum absolute atomic E-state index is 13.3. The van der Waals surface area contributed by atoms with Crippen molar-refractivity contribution < 1.29 is 32.2 Å². The molecule has 0 aliphatic carbocycles. The summed E-state index contributed by atoms with van der Waals surface area (Å²) in [6.45, 7) is 11.5. The molecule has 1 aliphatic rings. The van der Waals surface area contributed by atoms with Crippen LogP contribution < -0.4 is 0 Å². The van der Waals surface area contributed by atoms with E-state index in [2.05, 4.69) is 0 Å². The Bertz CT molecular complexity index is 570. The first-order chi connectivity index (χ1) is 11.6. The van der Waals surface area contributed by atoms with Crippen LogP contribution in [0.4, 0.5) is 18.0 Å². The van der Waals surface area contributed by atoms with E-state index < -0.39 is 35.4 Å². The monoisotopic (exact) mass is 379 g/mol. The summed E-state index contributed by atoms with van der Waals surface area (Å²) in [6.07, 6.45) is -3.01. The average molecular weight is 379 g/mol. The van der Waals surface area contributed by atoms with Gasteiger partial charge in [-0.1, -0.05) is 5.57 Å². The molecular weight excluding hydrogens is 351 g/mol. The van der Waals surface area contributed by atoms with Crippen molar-refractivity contribution >= 4 is 6.09 Å². The average Bonchev–Trinajstić information content (AvgIpc) is 2.69. The summed E-state index contributed by atoms with van der Waals surface area (Å²) in [5.41, 5.74) is -1.04. The van der Waals surface area contributed by atoms with Crippen LogP contribution in [-0.4, -0.2) is 47.8 Å². The number of halogens is 3. The maximum Gasteiger partial charge on any atom is 0.448 e. The van der Waals surface area contributed by atoms with E-state index in [1.54, 1.807) is 54.5 Å². The number of carbonyl (C=O) groups is 1. The van der Waals surface area contributed by atoms with Gasteiger partial charge in [-0.05, 0) is 60.6 Å². The molecule has 5 nitrogen and oxygen atoms in total. The van der Waals surface area contributed by atoms with Crippen LogP contribution in [0.25, 0.3) is 0 Å². The lowest BCUT2D eigenvalue weighted by molar-refractivity contribution is -0.129. The number of amides is 1. The second kappa shape index (κ2) is 7.90. The van der Waals surface area contributed by atoms with Gasteiger partial charge in [0.15, 0.2) is 5.76 Å². The highest BCUT2D eigenvalue weighted by Crippen LogP contribution is 2.33. The third-order valence-electron chi connectivity index (χ3n) is 3.46. The summed E-state index contributed by atoms with van der Waals surface area (Å²) in [4.78, 5) is 13.6. The summed E-state index contributed by atoms with van der Waals surface area (Å²) in [6, 6.07) is -0.955. The molecule has 0 unspecified atom stereocenters. The van der Waals surface area contributed by atoms with Crippen molar-refractivity contribution in [2.75, 3.05) is 13.2 Å². The molecule has 0 bridgehead atoms. The molecule has 0 aromatic rings. The number of rotatable bonds is 4. The third kappa shape index (κ3) is 6.55. The first kappa shape index (κ1) is 22.3. The van der Waals surface area contributed by atoms with Crippen LogP contribution in [0.1, 0.15) is 48.5 Å². The second-order valence-electron chi connectivity index (χ2n) is 7.80. The molecule has 1 aliphatic heterocycles. The van der Waals surface area contributed by atoms with Crippen LogP contribution in [0.3, 0.4) is 0 Å². The molecule has 1 amide bonds. The van der Waals surface area contributed by atoms with E-state index in [1.165, 1.54) is 0 Å². The Labute approximate surface area is 152 Å². The quantitative estimate of drug-likeness (QED) is 0.521. The van der Waals surface area contributed by atoms with E-state index >= 15 is 0 Å². The van der Waals surface area contributed by atoms with Gasteiger partial charge in [0.25, 0.3) is 0 Å². The molecule has 0 aromatic carbocycles. The van der Waals surface area contributed by atoms with Gasteiger partial charge >= 0.3 is 12.3 Å². The highest BCUT2D eigenvalue weighted by molar-refractivity contribution is 5.70. The molecule has 1 rings (SSSR count). The number of nitrogens with zero attached hydrogens (tertiary/aromatic N) is 1. The molecule has 0 saturated carbocycles. The Balaban J connectivity index is 3.11. The summed E-state index contributed by atoms with van der Waals surface area (Å²) in [7, 11) is 0. The Morgan fingerprint density at radius 3 is 2.31 bits per heavy atom. The first-order valence-corrected chi connectivity index (χ1v) is 8.35. The Morgan fingerprint density at radius 2 is 1.85 bits per heavy atom. The fraction of sp³-hybridized carbons (Fsp3) is 0.722. The molecule has 0 aromatic heterocycles. The summed E-state index contributed by atoms with van der Waals surface area (Å²) in [5, 5.41) is 0. The SMILES string of the molecule is CC(C)=CCO/C(=C/[C@@H]1COC(C)(C)N1C(=O)OC(C)(C)C)C(F)(F)F. The van der Waals surface area contributed by atoms with Crippen molar-refractivity contribution in [3.8, 4) is 0 Å². The van der Waals surface area contributed by atoms with Crippen LogP contribution in [-0.2, 0) is 14.2 Å². The maximum atomic E-state index is 13.3. The van der Waals surface area contributed by atoms with E-state index in [1.807, 2.05) is 0 Å². The predicted molar refractivity (Wildman–Crippen MR) is 91.4 cm³/mol. The van der Waals surface area contributed by atoms with Gasteiger partial charge in [0.05, 0.1) is 12.6 Å². The lowest BCUT2D eigenvalue weighted by Crippen LogP contribution is -2.49.